The molecule has 1 aliphatic heterocycles. The molecule has 1 atom stereocenters. The van der Waals surface area contributed by atoms with E-state index in [0.717, 1.165) is 12.1 Å². The Bertz CT molecular complexity index is 947. The van der Waals surface area contributed by atoms with Crippen molar-refractivity contribution in [2.45, 2.75) is 17.4 Å². The smallest absolute Gasteiger partial charge is 0.289 e. The van der Waals surface area contributed by atoms with E-state index in [1.54, 1.807) is 12.1 Å². The molecule has 0 bridgehead atoms. The highest BCUT2D eigenvalue weighted by atomic mass is 35.5. The molecule has 0 saturated heterocycles. The lowest BCUT2D eigenvalue weighted by atomic mass is 10.0. The molecule has 0 radical (unpaired) electrons. The summed E-state index contributed by atoms with van der Waals surface area (Å²) in [7, 11) is -4.11. The van der Waals surface area contributed by atoms with Gasteiger partial charge in [-0.15, -0.1) is 0 Å². The lowest BCUT2D eigenvalue weighted by Gasteiger charge is -2.24. The number of nitro benzene ring substituents is 1. The van der Waals surface area contributed by atoms with E-state index < -0.39 is 26.7 Å². The number of fused-ring (bicyclic) bond motifs is 1. The van der Waals surface area contributed by atoms with Gasteiger partial charge in [-0.25, -0.2) is 8.42 Å². The fourth-order valence-electron chi connectivity index (χ4n) is 2.49. The van der Waals surface area contributed by atoms with Gasteiger partial charge in [0.1, 0.15) is 10.8 Å². The first-order chi connectivity index (χ1) is 11.8. The average molecular weight is 385 g/mol. The zero-order valence-electron chi connectivity index (χ0n) is 12.7. The third-order valence-electron chi connectivity index (χ3n) is 3.71. The molecule has 0 spiro atoms. The van der Waals surface area contributed by atoms with Crippen molar-refractivity contribution in [2.75, 3.05) is 11.3 Å². The van der Waals surface area contributed by atoms with E-state index >= 15 is 0 Å². The Labute approximate surface area is 148 Å². The SMILES string of the molecule is O=[N+]([O-])c1cc(S(=O)(=O)Nc2cccc3c2OCC[C@H]3O)ccc1Cl. The van der Waals surface area contributed by atoms with Gasteiger partial charge in [0.15, 0.2) is 0 Å². The molecule has 0 amide bonds. The van der Waals surface area contributed by atoms with Gasteiger partial charge in [0.25, 0.3) is 15.7 Å². The molecule has 8 nitrogen and oxygen atoms in total. The molecule has 2 N–H and O–H groups in total. The van der Waals surface area contributed by atoms with Gasteiger partial charge in [-0.1, -0.05) is 23.7 Å². The lowest BCUT2D eigenvalue weighted by Crippen LogP contribution is -2.18. The number of halogens is 1. The van der Waals surface area contributed by atoms with Gasteiger partial charge < -0.3 is 9.84 Å². The van der Waals surface area contributed by atoms with Crippen LogP contribution in [0.1, 0.15) is 18.1 Å². The molecule has 0 saturated carbocycles. The van der Waals surface area contributed by atoms with E-state index in [1.165, 1.54) is 12.1 Å². The molecule has 2 aromatic carbocycles. The normalized spacial score (nSPS) is 16.6. The third-order valence-corrected chi connectivity index (χ3v) is 5.39. The highest BCUT2D eigenvalue weighted by Gasteiger charge is 2.26. The van der Waals surface area contributed by atoms with Crippen molar-refractivity contribution in [3.8, 4) is 5.75 Å². The first-order valence-electron chi connectivity index (χ1n) is 7.20. The number of sulfonamides is 1. The second-order valence-corrected chi connectivity index (χ2v) is 7.44. The van der Waals surface area contributed by atoms with Crippen molar-refractivity contribution in [1.82, 2.24) is 0 Å². The molecule has 2 aromatic rings. The summed E-state index contributed by atoms with van der Waals surface area (Å²) in [5, 5.41) is 20.8. The highest BCUT2D eigenvalue weighted by Crippen LogP contribution is 2.39. The average Bonchev–Trinajstić information content (AvgIpc) is 2.55. The van der Waals surface area contributed by atoms with Crippen LogP contribution in [0.25, 0.3) is 0 Å². The number of benzene rings is 2. The minimum Gasteiger partial charge on any atom is -0.491 e. The highest BCUT2D eigenvalue weighted by molar-refractivity contribution is 7.92. The van der Waals surface area contributed by atoms with Crippen molar-refractivity contribution in [1.29, 1.82) is 0 Å². The summed E-state index contributed by atoms with van der Waals surface area (Å²) < 4.78 is 32.9. The van der Waals surface area contributed by atoms with Crippen LogP contribution in [0.5, 0.6) is 5.75 Å². The summed E-state index contributed by atoms with van der Waals surface area (Å²) in [5.41, 5.74) is 0.119. The second-order valence-electron chi connectivity index (χ2n) is 5.35. The minimum atomic E-state index is -4.11. The van der Waals surface area contributed by atoms with Gasteiger partial charge in [-0.3, -0.25) is 14.8 Å². The molecule has 132 valence electrons. The standard InChI is InChI=1S/C15H13ClN2O6S/c16-11-5-4-9(8-13(11)18(20)21)25(22,23)17-12-3-1-2-10-14(19)6-7-24-15(10)12/h1-5,8,14,17,19H,6-7H2/t14-/m1/s1. The van der Waals surface area contributed by atoms with E-state index in [-0.39, 0.29) is 28.0 Å². The monoisotopic (exact) mass is 384 g/mol. The number of rotatable bonds is 4. The zero-order chi connectivity index (χ0) is 18.2. The van der Waals surface area contributed by atoms with Crippen molar-refractivity contribution < 1.29 is 23.2 Å². The Hall–Kier alpha value is -2.36. The van der Waals surface area contributed by atoms with Gasteiger partial charge >= 0.3 is 0 Å². The Morgan fingerprint density at radius 2 is 2.08 bits per heavy atom. The van der Waals surface area contributed by atoms with Crippen molar-refractivity contribution in [3.05, 3.63) is 57.1 Å². The summed E-state index contributed by atoms with van der Waals surface area (Å²) in [6.45, 7) is 0.249. The molecule has 0 unspecified atom stereocenters. The van der Waals surface area contributed by atoms with Crippen molar-refractivity contribution >= 4 is 33.0 Å². The first kappa shape index (κ1) is 17.5. The van der Waals surface area contributed by atoms with Crippen LogP contribution in [0.15, 0.2) is 41.3 Å². The van der Waals surface area contributed by atoms with E-state index in [9.17, 15) is 23.6 Å². The Balaban J connectivity index is 2.00. The van der Waals surface area contributed by atoms with Gasteiger partial charge in [-0.05, 0) is 18.2 Å². The van der Waals surface area contributed by atoms with Crippen LogP contribution in [0.3, 0.4) is 0 Å². The van der Waals surface area contributed by atoms with Gasteiger partial charge in [-0.2, -0.15) is 0 Å². The molecule has 1 heterocycles. The number of ether oxygens (including phenoxy) is 1. The summed E-state index contributed by atoms with van der Waals surface area (Å²) >= 11 is 5.71. The van der Waals surface area contributed by atoms with Crippen molar-refractivity contribution in [2.24, 2.45) is 0 Å². The number of para-hydroxylation sites is 1. The first-order valence-corrected chi connectivity index (χ1v) is 9.06. The number of aliphatic hydroxyl groups is 1. The molecule has 0 aromatic heterocycles. The Kier molecular flexibility index (Phi) is 4.55. The number of anilines is 1. The largest absolute Gasteiger partial charge is 0.491 e. The Morgan fingerprint density at radius 1 is 1.32 bits per heavy atom. The number of hydrogen-bond acceptors (Lipinski definition) is 6. The summed E-state index contributed by atoms with van der Waals surface area (Å²) in [6.07, 6.45) is -0.336. The van der Waals surface area contributed by atoms with Crippen LogP contribution < -0.4 is 9.46 Å². The molecule has 0 aliphatic carbocycles. The molecule has 3 rings (SSSR count). The molecule has 1 aliphatic rings. The topological polar surface area (TPSA) is 119 Å². The molecule has 10 heteroatoms. The van der Waals surface area contributed by atoms with Gasteiger partial charge in [0.05, 0.1) is 28.2 Å². The number of nitro groups is 1. The van der Waals surface area contributed by atoms with E-state index in [4.69, 9.17) is 16.3 Å². The zero-order valence-corrected chi connectivity index (χ0v) is 14.2. The maximum atomic E-state index is 12.6. The van der Waals surface area contributed by atoms with Crippen molar-refractivity contribution in [3.63, 3.8) is 0 Å². The summed E-state index contributed by atoms with van der Waals surface area (Å²) in [6, 6.07) is 7.91. The van der Waals surface area contributed by atoms with E-state index in [0.29, 0.717) is 12.0 Å². The number of nitrogens with zero attached hydrogens (tertiary/aromatic N) is 1. The summed E-state index contributed by atoms with van der Waals surface area (Å²) in [5.74, 6) is 0.244. The fourth-order valence-corrected chi connectivity index (χ4v) is 3.76. The molecular formula is C15H13ClN2O6S. The predicted molar refractivity (Wildman–Crippen MR) is 90.4 cm³/mol. The molecular weight excluding hydrogens is 372 g/mol. The maximum absolute atomic E-state index is 12.6. The third kappa shape index (κ3) is 3.39. The number of nitrogens with one attached hydrogen (secondary N) is 1. The quantitative estimate of drug-likeness (QED) is 0.618. The minimum absolute atomic E-state index is 0.147. The predicted octanol–water partition coefficient (Wildman–Crippen LogP) is 2.86. The van der Waals surface area contributed by atoms with Crippen LogP contribution in [-0.4, -0.2) is 25.1 Å². The summed E-state index contributed by atoms with van der Waals surface area (Å²) in [4.78, 5) is 9.88. The van der Waals surface area contributed by atoms with Crippen LogP contribution in [-0.2, 0) is 10.0 Å². The Morgan fingerprint density at radius 3 is 2.80 bits per heavy atom. The molecule has 25 heavy (non-hydrogen) atoms. The van der Waals surface area contributed by atoms with Crippen LogP contribution >= 0.6 is 11.6 Å². The van der Waals surface area contributed by atoms with Crippen LogP contribution in [0.2, 0.25) is 5.02 Å². The maximum Gasteiger partial charge on any atom is 0.289 e. The van der Waals surface area contributed by atoms with E-state index in [2.05, 4.69) is 4.72 Å². The van der Waals surface area contributed by atoms with Crippen LogP contribution in [0.4, 0.5) is 11.4 Å². The van der Waals surface area contributed by atoms with Gasteiger partial charge in [0.2, 0.25) is 0 Å². The lowest BCUT2D eigenvalue weighted by molar-refractivity contribution is -0.384. The number of hydrogen-bond donors (Lipinski definition) is 2. The second kappa shape index (κ2) is 6.51. The van der Waals surface area contributed by atoms with E-state index in [1.807, 2.05) is 0 Å². The van der Waals surface area contributed by atoms with Gasteiger partial charge in [0, 0.05) is 18.1 Å². The van der Waals surface area contributed by atoms with Crippen LogP contribution in [0, 0.1) is 10.1 Å². The molecule has 0 fully saturated rings. The fraction of sp³-hybridized carbons (Fsp3) is 0.200. The number of aliphatic hydroxyl groups excluding tert-OH is 1.